The fourth-order valence-electron chi connectivity index (χ4n) is 4.06. The highest BCUT2D eigenvalue weighted by atomic mass is 19.1. The second-order valence-electron chi connectivity index (χ2n) is 7.15. The standard InChI is InChI=1S/C18H24FN5/c1-11-8-14-15-17(16(11)19)22(4)10-13-9-21(3)6-7-24(13)18(15)20-12(2)23(14)5/h8,13H,2,6-7,9-10H2,1,3-5H3. The van der Waals surface area contributed by atoms with Gasteiger partial charge in [0.25, 0.3) is 0 Å². The molecule has 0 saturated carbocycles. The van der Waals surface area contributed by atoms with E-state index in [1.807, 2.05) is 32.0 Å². The fraction of sp³-hybridized carbons (Fsp3) is 0.500. The van der Waals surface area contributed by atoms with Crippen molar-refractivity contribution >= 4 is 17.2 Å². The van der Waals surface area contributed by atoms with Crippen LogP contribution in [0.25, 0.3) is 0 Å². The number of aliphatic imine (C=N–C) groups is 1. The third-order valence-electron chi connectivity index (χ3n) is 5.43. The van der Waals surface area contributed by atoms with Gasteiger partial charge in [-0.05, 0) is 25.6 Å². The van der Waals surface area contributed by atoms with Crippen molar-refractivity contribution in [1.29, 1.82) is 0 Å². The number of hydrogen-bond acceptors (Lipinski definition) is 5. The molecular formula is C18H24FN5. The van der Waals surface area contributed by atoms with Gasteiger partial charge in [0.05, 0.1) is 23.0 Å². The Balaban J connectivity index is 1.98. The lowest BCUT2D eigenvalue weighted by molar-refractivity contribution is 0.156. The van der Waals surface area contributed by atoms with Gasteiger partial charge in [0, 0.05) is 40.3 Å². The van der Waals surface area contributed by atoms with Gasteiger partial charge in [-0.25, -0.2) is 9.38 Å². The molecule has 1 aromatic rings. The molecule has 3 aliphatic rings. The molecule has 1 unspecified atom stereocenters. The smallest absolute Gasteiger partial charge is 0.150 e. The number of anilines is 2. The molecule has 4 rings (SSSR count). The summed E-state index contributed by atoms with van der Waals surface area (Å²) in [6, 6.07) is 2.21. The molecule has 1 saturated heterocycles. The first-order chi connectivity index (χ1) is 11.4. The molecule has 0 radical (unpaired) electrons. The van der Waals surface area contributed by atoms with Crippen molar-refractivity contribution in [1.82, 2.24) is 9.80 Å². The lowest BCUT2D eigenvalue weighted by atomic mass is 10.0. The first kappa shape index (κ1) is 15.4. The van der Waals surface area contributed by atoms with Crippen molar-refractivity contribution < 1.29 is 4.39 Å². The topological polar surface area (TPSA) is 25.3 Å². The summed E-state index contributed by atoms with van der Waals surface area (Å²) in [6.45, 7) is 9.55. The molecule has 0 spiro atoms. The van der Waals surface area contributed by atoms with Crippen LogP contribution in [-0.4, -0.2) is 69.0 Å². The summed E-state index contributed by atoms with van der Waals surface area (Å²) in [5, 5.41) is 0. The van der Waals surface area contributed by atoms with Gasteiger partial charge in [-0.15, -0.1) is 0 Å². The van der Waals surface area contributed by atoms with Crippen LogP contribution < -0.4 is 9.80 Å². The minimum atomic E-state index is -0.141. The third-order valence-corrected chi connectivity index (χ3v) is 5.43. The summed E-state index contributed by atoms with van der Waals surface area (Å²) in [5.74, 6) is 1.44. The van der Waals surface area contributed by atoms with Gasteiger partial charge in [-0.2, -0.15) is 0 Å². The zero-order valence-electron chi connectivity index (χ0n) is 14.8. The SMILES string of the molecule is C=C1N=C2c3c(cc(C)c(F)c3N(C)CC3CN(C)CCN23)N1C. The van der Waals surface area contributed by atoms with E-state index >= 15 is 4.39 Å². The van der Waals surface area contributed by atoms with Gasteiger partial charge in [-0.3, -0.25) is 0 Å². The zero-order valence-corrected chi connectivity index (χ0v) is 14.8. The molecule has 1 atom stereocenters. The second-order valence-corrected chi connectivity index (χ2v) is 7.15. The average molecular weight is 329 g/mol. The largest absolute Gasteiger partial charge is 0.369 e. The van der Waals surface area contributed by atoms with E-state index in [-0.39, 0.29) is 5.82 Å². The van der Waals surface area contributed by atoms with E-state index in [0.29, 0.717) is 23.1 Å². The Morgan fingerprint density at radius 1 is 1.21 bits per heavy atom. The number of fused-ring (bicyclic) bond motifs is 2. The summed E-state index contributed by atoms with van der Waals surface area (Å²) < 4.78 is 15.0. The van der Waals surface area contributed by atoms with E-state index in [9.17, 15) is 0 Å². The zero-order chi connectivity index (χ0) is 17.2. The number of benzene rings is 1. The molecule has 0 N–H and O–H groups in total. The number of halogens is 1. The highest BCUT2D eigenvalue weighted by Crippen LogP contribution is 2.41. The Hall–Kier alpha value is -2.08. The molecule has 1 aromatic carbocycles. The van der Waals surface area contributed by atoms with E-state index in [0.717, 1.165) is 43.3 Å². The van der Waals surface area contributed by atoms with E-state index in [1.165, 1.54) is 0 Å². The predicted octanol–water partition coefficient (Wildman–Crippen LogP) is 1.87. The van der Waals surface area contributed by atoms with Crippen molar-refractivity contribution in [3.8, 4) is 0 Å². The lowest BCUT2D eigenvalue weighted by Crippen LogP contribution is -2.56. The van der Waals surface area contributed by atoms with Crippen LogP contribution in [0.3, 0.4) is 0 Å². The van der Waals surface area contributed by atoms with Crippen molar-refractivity contribution in [3.63, 3.8) is 0 Å². The minimum Gasteiger partial charge on any atom is -0.369 e. The Bertz CT molecular complexity index is 756. The normalized spacial score (nSPS) is 23.7. The quantitative estimate of drug-likeness (QED) is 0.726. The maximum atomic E-state index is 15.0. The number of likely N-dealkylation sites (N-methyl/N-ethyl adjacent to an activating group) is 2. The lowest BCUT2D eigenvalue weighted by Gasteiger charge is -2.42. The predicted molar refractivity (Wildman–Crippen MR) is 96.5 cm³/mol. The molecule has 5 nitrogen and oxygen atoms in total. The van der Waals surface area contributed by atoms with Crippen LogP contribution in [0.1, 0.15) is 11.1 Å². The number of nitrogens with zero attached hydrogens (tertiary/aromatic N) is 5. The molecule has 0 aliphatic carbocycles. The van der Waals surface area contributed by atoms with Crippen LogP contribution in [0.4, 0.5) is 15.8 Å². The summed E-state index contributed by atoms with van der Waals surface area (Å²) in [6.07, 6.45) is 0. The summed E-state index contributed by atoms with van der Waals surface area (Å²) in [5.41, 5.74) is 3.22. The van der Waals surface area contributed by atoms with Crippen LogP contribution in [0.5, 0.6) is 0 Å². The fourth-order valence-corrected chi connectivity index (χ4v) is 4.06. The number of aryl methyl sites for hydroxylation is 1. The number of rotatable bonds is 0. The van der Waals surface area contributed by atoms with Gasteiger partial charge < -0.3 is 19.6 Å². The molecule has 24 heavy (non-hydrogen) atoms. The van der Waals surface area contributed by atoms with E-state index in [4.69, 9.17) is 4.99 Å². The average Bonchev–Trinajstić information content (AvgIpc) is 2.64. The molecule has 128 valence electrons. The number of piperazine rings is 1. The summed E-state index contributed by atoms with van der Waals surface area (Å²) >= 11 is 0. The molecule has 3 heterocycles. The van der Waals surface area contributed by atoms with Gasteiger partial charge in [0.15, 0.2) is 0 Å². The van der Waals surface area contributed by atoms with Crippen LogP contribution >= 0.6 is 0 Å². The van der Waals surface area contributed by atoms with Crippen LogP contribution in [-0.2, 0) is 0 Å². The second kappa shape index (κ2) is 5.21. The first-order valence-corrected chi connectivity index (χ1v) is 8.39. The number of amidine groups is 1. The van der Waals surface area contributed by atoms with Crippen LogP contribution in [0, 0.1) is 12.7 Å². The van der Waals surface area contributed by atoms with Crippen molar-refractivity contribution in [2.24, 2.45) is 4.99 Å². The Labute approximate surface area is 142 Å². The monoisotopic (exact) mass is 329 g/mol. The summed E-state index contributed by atoms with van der Waals surface area (Å²) in [4.78, 5) is 13.5. The molecule has 0 aromatic heterocycles. The van der Waals surface area contributed by atoms with Gasteiger partial charge in [-0.1, -0.05) is 6.58 Å². The van der Waals surface area contributed by atoms with E-state index in [2.05, 4.69) is 28.3 Å². The Morgan fingerprint density at radius 3 is 2.71 bits per heavy atom. The molecule has 6 heteroatoms. The van der Waals surface area contributed by atoms with Gasteiger partial charge in [0.1, 0.15) is 17.5 Å². The molecule has 0 amide bonds. The van der Waals surface area contributed by atoms with Crippen molar-refractivity contribution in [2.75, 3.05) is 57.1 Å². The van der Waals surface area contributed by atoms with Crippen LogP contribution in [0.2, 0.25) is 0 Å². The number of hydrogen-bond donors (Lipinski definition) is 0. The molecular weight excluding hydrogens is 305 g/mol. The van der Waals surface area contributed by atoms with E-state index in [1.54, 1.807) is 0 Å². The van der Waals surface area contributed by atoms with Crippen LogP contribution in [0.15, 0.2) is 23.5 Å². The van der Waals surface area contributed by atoms with Gasteiger partial charge in [0.2, 0.25) is 0 Å². The highest BCUT2D eigenvalue weighted by Gasteiger charge is 2.39. The summed E-state index contributed by atoms with van der Waals surface area (Å²) in [7, 11) is 6.07. The van der Waals surface area contributed by atoms with Gasteiger partial charge >= 0.3 is 0 Å². The molecule has 0 bridgehead atoms. The van der Waals surface area contributed by atoms with E-state index < -0.39 is 0 Å². The molecule has 3 aliphatic heterocycles. The minimum absolute atomic E-state index is 0.141. The third kappa shape index (κ3) is 2.05. The van der Waals surface area contributed by atoms with Crippen molar-refractivity contribution in [2.45, 2.75) is 13.0 Å². The molecule has 1 fully saturated rings. The maximum Gasteiger partial charge on any atom is 0.150 e. The Morgan fingerprint density at radius 2 is 1.96 bits per heavy atom. The maximum absolute atomic E-state index is 15.0. The first-order valence-electron chi connectivity index (χ1n) is 8.39. The Kier molecular flexibility index (Phi) is 3.35. The van der Waals surface area contributed by atoms with Crippen molar-refractivity contribution in [3.05, 3.63) is 35.4 Å². The highest BCUT2D eigenvalue weighted by molar-refractivity contribution is 6.11.